The van der Waals surface area contributed by atoms with E-state index < -0.39 is 36.4 Å². The first kappa shape index (κ1) is 24.5. The van der Waals surface area contributed by atoms with E-state index in [9.17, 15) is 14.4 Å². The van der Waals surface area contributed by atoms with Crippen molar-refractivity contribution in [3.8, 4) is 0 Å². The van der Waals surface area contributed by atoms with Crippen molar-refractivity contribution in [1.29, 1.82) is 0 Å². The summed E-state index contributed by atoms with van der Waals surface area (Å²) in [7, 11) is 0. The van der Waals surface area contributed by atoms with Crippen molar-refractivity contribution >= 4 is 17.9 Å². The number of aliphatic hydroxyl groups is 1. The van der Waals surface area contributed by atoms with E-state index in [1.54, 1.807) is 0 Å². The Morgan fingerprint density at radius 2 is 1.19 bits per heavy atom. The molecule has 16 heavy (non-hydrogen) atoms. The third kappa shape index (κ3) is 8.59. The Labute approximate surface area is 112 Å². The first-order chi connectivity index (χ1) is 5.78. The summed E-state index contributed by atoms with van der Waals surface area (Å²) in [5.74, 6) is -5.02. The summed E-state index contributed by atoms with van der Waals surface area (Å²) in [4.78, 5) is 30.5. The third-order valence-corrected chi connectivity index (χ3v) is 1.29. The number of carboxylic acids is 3. The maximum absolute atomic E-state index is 10.3. The zero-order chi connectivity index (χ0) is 10.6. The molecule has 0 rings (SSSR count). The largest absolute Gasteiger partial charge is 1.00 e. The van der Waals surface area contributed by atoms with Gasteiger partial charge in [-0.05, 0) is 0 Å². The summed E-state index contributed by atoms with van der Waals surface area (Å²) in [6, 6.07) is 0. The Morgan fingerprint density at radius 3 is 1.31 bits per heavy atom. The molecule has 90 valence electrons. The molecule has 0 aliphatic heterocycles. The van der Waals surface area contributed by atoms with Crippen LogP contribution in [0.2, 0.25) is 0 Å². The summed E-state index contributed by atoms with van der Waals surface area (Å²) < 4.78 is 0. The van der Waals surface area contributed by atoms with Gasteiger partial charge < -0.3 is 31.4 Å². The first-order valence-electron chi connectivity index (χ1n) is 3.17. The predicted octanol–water partition coefficient (Wildman–Crippen LogP) is -5.25. The van der Waals surface area contributed by atoms with E-state index in [0.29, 0.717) is 0 Å². The average molecular weight is 250 g/mol. The van der Waals surface area contributed by atoms with E-state index >= 15 is 0 Å². The molecule has 0 aromatic carbocycles. The zero-order valence-corrected chi connectivity index (χ0v) is 10.4. The normalized spacial score (nSPS) is 8.81. The molecule has 0 amide bonds. The van der Waals surface area contributed by atoms with Crippen molar-refractivity contribution in [2.75, 3.05) is 0 Å². The molecule has 0 fully saturated rings. The van der Waals surface area contributed by atoms with Crippen LogP contribution >= 0.6 is 0 Å². The van der Waals surface area contributed by atoms with E-state index in [4.69, 9.17) is 20.4 Å². The average Bonchev–Trinajstić information content (AvgIpc) is 1.82. The molecular weight excluding hydrogens is 239 g/mol. The molecule has 9 nitrogen and oxygen atoms in total. The van der Waals surface area contributed by atoms with Gasteiger partial charge in [-0.1, -0.05) is 0 Å². The molecule has 10 heteroatoms. The summed E-state index contributed by atoms with van der Waals surface area (Å²) in [5.41, 5.74) is -2.74. The number of hydrogen-bond acceptors (Lipinski definition) is 5. The van der Waals surface area contributed by atoms with E-state index in [1.807, 2.05) is 0 Å². The molecule has 0 spiro atoms. The molecule has 0 aliphatic rings. The Hall–Kier alpha value is -0.710. The van der Waals surface area contributed by atoms with Crippen LogP contribution in [-0.4, -0.2) is 54.9 Å². The number of aliphatic carboxylic acids is 3. The molecule has 0 saturated carbocycles. The van der Waals surface area contributed by atoms with Crippen LogP contribution in [0.1, 0.15) is 12.8 Å². The van der Waals surface area contributed by atoms with E-state index in [-0.39, 0.29) is 40.5 Å². The van der Waals surface area contributed by atoms with E-state index in [2.05, 4.69) is 0 Å². The second-order valence-corrected chi connectivity index (χ2v) is 2.48. The Kier molecular flexibility index (Phi) is 14.6. The standard InChI is InChI=1S/C6H8O7.Na.2H2O/c7-3(8)1-6(13,5(11)12)2-4(9)10;;;/h13H,1-2H2,(H,7,8)(H,9,10)(H,11,12);;2*1H2/q;+1;;/p-1. The number of rotatable bonds is 5. The van der Waals surface area contributed by atoms with Gasteiger partial charge in [-0.15, -0.1) is 0 Å². The van der Waals surface area contributed by atoms with Gasteiger partial charge in [0.25, 0.3) is 0 Å². The van der Waals surface area contributed by atoms with Crippen molar-refractivity contribution in [2.45, 2.75) is 18.4 Å². The van der Waals surface area contributed by atoms with Crippen molar-refractivity contribution in [3.05, 3.63) is 0 Å². The van der Waals surface area contributed by atoms with Gasteiger partial charge >= 0.3 is 47.5 Å². The van der Waals surface area contributed by atoms with Crippen LogP contribution in [0.4, 0.5) is 0 Å². The molecular formula is C6H11NaO9. The maximum atomic E-state index is 10.3. The van der Waals surface area contributed by atoms with Gasteiger partial charge in [0.1, 0.15) is 0 Å². The van der Waals surface area contributed by atoms with Gasteiger partial charge in [0, 0.05) is 0 Å². The van der Waals surface area contributed by atoms with Gasteiger partial charge in [0.05, 0.1) is 12.8 Å². The summed E-state index contributed by atoms with van der Waals surface area (Å²) in [5, 5.41) is 33.8. The topological polar surface area (TPSA) is 194 Å². The number of hydrogen-bond donors (Lipinski definition) is 4. The van der Waals surface area contributed by atoms with Crippen LogP contribution in [0.25, 0.3) is 0 Å². The molecule has 0 unspecified atom stereocenters. The van der Waals surface area contributed by atoms with Gasteiger partial charge in [-0.25, -0.2) is 4.79 Å². The fraction of sp³-hybridized carbons (Fsp3) is 0.500. The van der Waals surface area contributed by atoms with Crippen LogP contribution in [0.3, 0.4) is 0 Å². The number of carboxylic acid groups (broad SMARTS) is 3. The van der Waals surface area contributed by atoms with Crippen molar-refractivity contribution in [1.82, 2.24) is 0 Å². The third-order valence-electron chi connectivity index (χ3n) is 1.29. The molecule has 0 aromatic heterocycles. The second kappa shape index (κ2) is 9.51. The summed E-state index contributed by atoms with van der Waals surface area (Å²) in [6.07, 6.45) is -2.29. The molecule has 0 radical (unpaired) electrons. The fourth-order valence-electron chi connectivity index (χ4n) is 0.714. The van der Waals surface area contributed by atoms with Crippen LogP contribution in [0.5, 0.6) is 0 Å². The van der Waals surface area contributed by atoms with Crippen LogP contribution in [-0.2, 0) is 14.4 Å². The molecule has 0 saturated heterocycles. The number of carbonyl (C=O) groups is 3. The molecule has 0 bridgehead atoms. The van der Waals surface area contributed by atoms with Crippen LogP contribution in [0.15, 0.2) is 0 Å². The van der Waals surface area contributed by atoms with Gasteiger partial charge in [0.15, 0.2) is 5.60 Å². The van der Waals surface area contributed by atoms with Gasteiger partial charge in [-0.2, -0.15) is 0 Å². The quantitative estimate of drug-likeness (QED) is 0.347. The van der Waals surface area contributed by atoms with Crippen molar-refractivity contribution < 1.29 is 75.3 Å². The molecule has 0 atom stereocenters. The molecule has 0 heterocycles. The summed E-state index contributed by atoms with van der Waals surface area (Å²) in [6.45, 7) is 0. The minimum Gasteiger partial charge on any atom is -0.870 e. The smallest absolute Gasteiger partial charge is 0.870 e. The fourth-order valence-corrected chi connectivity index (χ4v) is 0.714. The van der Waals surface area contributed by atoms with Gasteiger partial charge in [-0.3, -0.25) is 9.59 Å². The molecule has 0 aliphatic carbocycles. The minimum absolute atomic E-state index is 0. The monoisotopic (exact) mass is 250 g/mol. The van der Waals surface area contributed by atoms with E-state index in [0.717, 1.165) is 0 Å². The van der Waals surface area contributed by atoms with Crippen LogP contribution < -0.4 is 29.6 Å². The van der Waals surface area contributed by atoms with Crippen LogP contribution in [0, 0.1) is 0 Å². The predicted molar refractivity (Wildman–Crippen MR) is 42.6 cm³/mol. The molecule has 0 aromatic rings. The summed E-state index contributed by atoms with van der Waals surface area (Å²) >= 11 is 0. The Bertz CT molecular complexity index is 234. The van der Waals surface area contributed by atoms with Crippen molar-refractivity contribution in [2.24, 2.45) is 0 Å². The van der Waals surface area contributed by atoms with Gasteiger partial charge in [0.2, 0.25) is 0 Å². The van der Waals surface area contributed by atoms with E-state index in [1.165, 1.54) is 0 Å². The SMILES string of the molecule is O.O=C(O)CC(O)(CC(=O)O)C(=O)O.[Na+].[OH-]. The Morgan fingerprint density at radius 1 is 0.938 bits per heavy atom. The van der Waals surface area contributed by atoms with Crippen molar-refractivity contribution in [3.63, 3.8) is 0 Å². The maximum Gasteiger partial charge on any atom is 1.00 e. The minimum atomic E-state index is -2.74. The Balaban J connectivity index is -0.000000240. The molecule has 7 N–H and O–H groups in total. The zero-order valence-electron chi connectivity index (χ0n) is 8.38. The second-order valence-electron chi connectivity index (χ2n) is 2.48. The first-order valence-corrected chi connectivity index (χ1v) is 3.17.